The minimum absolute atomic E-state index is 0.0577. The molecule has 0 unspecified atom stereocenters. The molecule has 2 heterocycles. The number of nitro groups is 1. The summed E-state index contributed by atoms with van der Waals surface area (Å²) in [7, 11) is 0. The van der Waals surface area contributed by atoms with Crippen LogP contribution in [0.1, 0.15) is 42.7 Å². The van der Waals surface area contributed by atoms with Gasteiger partial charge in [-0.3, -0.25) is 14.9 Å². The van der Waals surface area contributed by atoms with Gasteiger partial charge < -0.3 is 9.32 Å². The molecule has 98 valence electrons. The van der Waals surface area contributed by atoms with Crippen molar-refractivity contribution < 1.29 is 14.1 Å². The minimum Gasteiger partial charge on any atom is -0.395 e. The Morgan fingerprint density at radius 1 is 1.17 bits per heavy atom. The Labute approximate surface area is 105 Å². The number of carbonyl (C=O) groups excluding carboxylic acids is 1. The van der Waals surface area contributed by atoms with Crippen molar-refractivity contribution in [2.24, 2.45) is 0 Å². The van der Waals surface area contributed by atoms with Crippen LogP contribution in [0.5, 0.6) is 0 Å². The molecule has 0 N–H and O–H groups in total. The number of nitrogens with zero attached hydrogens (tertiary/aromatic N) is 2. The van der Waals surface area contributed by atoms with Gasteiger partial charge in [0, 0.05) is 13.1 Å². The molecule has 0 spiro atoms. The summed E-state index contributed by atoms with van der Waals surface area (Å²) in [6.07, 6.45) is 5.43. The molecule has 1 amide bonds. The Hall–Kier alpha value is -1.85. The second-order valence-corrected chi connectivity index (χ2v) is 4.45. The third kappa shape index (κ3) is 2.88. The highest BCUT2D eigenvalue weighted by Gasteiger charge is 2.22. The summed E-state index contributed by atoms with van der Waals surface area (Å²) in [5.74, 6) is -0.572. The lowest BCUT2D eigenvalue weighted by atomic mass is 10.1. The molecule has 1 aliphatic heterocycles. The van der Waals surface area contributed by atoms with E-state index < -0.39 is 4.92 Å². The fraction of sp³-hybridized carbons (Fsp3) is 0.583. The van der Waals surface area contributed by atoms with E-state index in [9.17, 15) is 14.9 Å². The first kappa shape index (κ1) is 12.6. The van der Waals surface area contributed by atoms with Crippen LogP contribution in [0.3, 0.4) is 0 Å². The van der Waals surface area contributed by atoms with Crippen LogP contribution >= 0.6 is 0 Å². The number of rotatable bonds is 2. The van der Waals surface area contributed by atoms with Gasteiger partial charge in [-0.2, -0.15) is 0 Å². The Bertz CT molecular complexity index is 433. The van der Waals surface area contributed by atoms with Crippen LogP contribution in [-0.4, -0.2) is 28.8 Å². The van der Waals surface area contributed by atoms with Crippen molar-refractivity contribution in [1.82, 2.24) is 4.90 Å². The summed E-state index contributed by atoms with van der Waals surface area (Å²) >= 11 is 0. The number of carbonyl (C=O) groups is 1. The van der Waals surface area contributed by atoms with Crippen LogP contribution in [0, 0.1) is 10.1 Å². The van der Waals surface area contributed by atoms with E-state index in [0.717, 1.165) is 25.7 Å². The van der Waals surface area contributed by atoms with Crippen LogP contribution in [0.25, 0.3) is 0 Å². The Kier molecular flexibility index (Phi) is 3.96. The minimum atomic E-state index is -0.635. The summed E-state index contributed by atoms with van der Waals surface area (Å²) in [5.41, 5.74) is 0. The van der Waals surface area contributed by atoms with Crippen molar-refractivity contribution in [2.75, 3.05) is 13.1 Å². The third-order valence-corrected chi connectivity index (χ3v) is 3.13. The van der Waals surface area contributed by atoms with Crippen molar-refractivity contribution in [1.29, 1.82) is 0 Å². The number of likely N-dealkylation sites (tertiary alicyclic amines) is 1. The Morgan fingerprint density at radius 3 is 2.33 bits per heavy atom. The lowest BCUT2D eigenvalue weighted by Gasteiger charge is -2.23. The summed E-state index contributed by atoms with van der Waals surface area (Å²) in [6, 6.07) is 2.59. The molecule has 1 aromatic heterocycles. The van der Waals surface area contributed by atoms with Gasteiger partial charge in [0.05, 0.1) is 6.07 Å². The van der Waals surface area contributed by atoms with E-state index in [1.54, 1.807) is 4.90 Å². The van der Waals surface area contributed by atoms with Crippen molar-refractivity contribution in [2.45, 2.75) is 32.1 Å². The van der Waals surface area contributed by atoms with Gasteiger partial charge >= 0.3 is 5.88 Å². The standard InChI is InChI=1S/C12H16N2O4/c15-12(10-6-7-11(18-10)14(16)17)13-8-4-2-1-3-5-9-13/h6-7H,1-5,8-9H2. The molecule has 0 radical (unpaired) electrons. The molecule has 1 aromatic rings. The third-order valence-electron chi connectivity index (χ3n) is 3.13. The maximum absolute atomic E-state index is 12.1. The Morgan fingerprint density at radius 2 is 1.78 bits per heavy atom. The average molecular weight is 252 g/mol. The molecule has 0 aliphatic carbocycles. The molecule has 18 heavy (non-hydrogen) atoms. The van der Waals surface area contributed by atoms with Crippen molar-refractivity contribution >= 4 is 11.8 Å². The number of amides is 1. The highest BCUT2D eigenvalue weighted by atomic mass is 16.6. The first-order valence-corrected chi connectivity index (χ1v) is 6.22. The van der Waals surface area contributed by atoms with Crippen LogP contribution in [0.15, 0.2) is 16.5 Å². The molecule has 6 nitrogen and oxygen atoms in total. The maximum Gasteiger partial charge on any atom is 0.433 e. The average Bonchev–Trinajstić information content (AvgIpc) is 2.77. The molecule has 0 bridgehead atoms. The van der Waals surface area contributed by atoms with Crippen molar-refractivity contribution in [3.8, 4) is 0 Å². The fourth-order valence-corrected chi connectivity index (χ4v) is 2.15. The van der Waals surface area contributed by atoms with Crippen LogP contribution < -0.4 is 0 Å². The molecule has 0 atom stereocenters. The van der Waals surface area contributed by atoms with Gasteiger partial charge in [0.25, 0.3) is 5.91 Å². The van der Waals surface area contributed by atoms with Crippen LogP contribution in [0.4, 0.5) is 5.88 Å². The predicted molar refractivity (Wildman–Crippen MR) is 64.4 cm³/mol. The first-order valence-electron chi connectivity index (χ1n) is 6.22. The summed E-state index contributed by atoms with van der Waals surface area (Å²) in [6.45, 7) is 1.40. The second-order valence-electron chi connectivity index (χ2n) is 4.45. The normalized spacial score (nSPS) is 17.0. The van der Waals surface area contributed by atoms with Crippen LogP contribution in [-0.2, 0) is 0 Å². The SMILES string of the molecule is O=C(c1ccc([N+](=O)[O-])o1)N1CCCCCCC1. The van der Waals surface area contributed by atoms with E-state index in [0.29, 0.717) is 13.1 Å². The zero-order valence-electron chi connectivity index (χ0n) is 10.1. The van der Waals surface area contributed by atoms with E-state index in [-0.39, 0.29) is 17.6 Å². The number of furan rings is 1. The van der Waals surface area contributed by atoms with Crippen LogP contribution in [0.2, 0.25) is 0 Å². The molecule has 0 saturated carbocycles. The number of hydrogen-bond donors (Lipinski definition) is 0. The molecular formula is C12H16N2O4. The molecule has 1 saturated heterocycles. The highest BCUT2D eigenvalue weighted by molar-refractivity contribution is 5.91. The summed E-state index contributed by atoms with van der Waals surface area (Å²) in [4.78, 5) is 23.7. The zero-order chi connectivity index (χ0) is 13.0. The molecule has 1 aliphatic rings. The Balaban J connectivity index is 2.05. The lowest BCUT2D eigenvalue weighted by molar-refractivity contribution is -0.402. The lowest BCUT2D eigenvalue weighted by Crippen LogP contribution is -2.33. The summed E-state index contributed by atoms with van der Waals surface area (Å²) in [5, 5.41) is 10.5. The van der Waals surface area contributed by atoms with Gasteiger partial charge in [-0.15, -0.1) is 0 Å². The largest absolute Gasteiger partial charge is 0.433 e. The maximum atomic E-state index is 12.1. The molecule has 0 aromatic carbocycles. The van der Waals surface area contributed by atoms with E-state index in [2.05, 4.69) is 0 Å². The second kappa shape index (κ2) is 5.66. The van der Waals surface area contributed by atoms with Gasteiger partial charge in [0.1, 0.15) is 4.92 Å². The quantitative estimate of drug-likeness (QED) is 0.598. The highest BCUT2D eigenvalue weighted by Crippen LogP contribution is 2.19. The molecule has 1 fully saturated rings. The van der Waals surface area contributed by atoms with E-state index >= 15 is 0 Å². The van der Waals surface area contributed by atoms with E-state index in [4.69, 9.17) is 4.42 Å². The topological polar surface area (TPSA) is 76.6 Å². The first-order chi connectivity index (χ1) is 8.68. The van der Waals surface area contributed by atoms with Gasteiger partial charge in [0.2, 0.25) is 0 Å². The van der Waals surface area contributed by atoms with E-state index in [1.165, 1.54) is 18.6 Å². The predicted octanol–water partition coefficient (Wildman–Crippen LogP) is 2.59. The molecule has 6 heteroatoms. The van der Waals surface area contributed by atoms with Crippen molar-refractivity contribution in [3.05, 3.63) is 28.0 Å². The monoisotopic (exact) mass is 252 g/mol. The van der Waals surface area contributed by atoms with Gasteiger partial charge in [0.15, 0.2) is 5.76 Å². The smallest absolute Gasteiger partial charge is 0.395 e. The van der Waals surface area contributed by atoms with Gasteiger partial charge in [-0.25, -0.2) is 0 Å². The van der Waals surface area contributed by atoms with Gasteiger partial charge in [-0.05, 0) is 18.9 Å². The van der Waals surface area contributed by atoms with Crippen molar-refractivity contribution in [3.63, 3.8) is 0 Å². The van der Waals surface area contributed by atoms with E-state index in [1.807, 2.05) is 0 Å². The van der Waals surface area contributed by atoms with Gasteiger partial charge in [-0.1, -0.05) is 19.3 Å². The fourth-order valence-electron chi connectivity index (χ4n) is 2.15. The molecule has 2 rings (SSSR count). The summed E-state index contributed by atoms with van der Waals surface area (Å²) < 4.78 is 4.94. The molecular weight excluding hydrogens is 236 g/mol. The number of hydrogen-bond acceptors (Lipinski definition) is 4. The zero-order valence-corrected chi connectivity index (χ0v) is 10.1.